The van der Waals surface area contributed by atoms with E-state index in [1.165, 1.54) is 10.9 Å². The fourth-order valence-electron chi connectivity index (χ4n) is 5.39. The number of carbonyl (C=O) groups excluding carboxylic acids is 1. The Labute approximate surface area is 196 Å². The van der Waals surface area contributed by atoms with Gasteiger partial charge in [0.2, 0.25) is 0 Å². The topological polar surface area (TPSA) is 106 Å². The summed E-state index contributed by atoms with van der Waals surface area (Å²) < 4.78 is 13.6. The quantitative estimate of drug-likeness (QED) is 0.535. The smallest absolute Gasteiger partial charge is 0.328 e. The first-order valence-electron chi connectivity index (χ1n) is 11.9. The standard InChI is InChI=1S/C24H27N7O3/c1-25-19-8-21-27-14-4-13(5-15(6-14)30-9-16-7-17(10-30)34-16)11-33-20-3-2-18(20)28-24(32)31-12-26-22(19)23(31)29-21/h4-6,8,12,16-18,20H,2-3,7,9-11H2,1H3,(H,28,32)(H2,25,27,29)/t16?,17?,18-,20-/m1/s1. The van der Waals surface area contributed by atoms with Crippen LogP contribution < -0.4 is 20.9 Å². The zero-order valence-corrected chi connectivity index (χ0v) is 19.0. The van der Waals surface area contributed by atoms with Gasteiger partial charge in [-0.1, -0.05) is 0 Å². The summed E-state index contributed by atoms with van der Waals surface area (Å²) in [6.07, 6.45) is 5.16. The van der Waals surface area contributed by atoms with E-state index < -0.39 is 0 Å². The number of morpholine rings is 1. The molecule has 3 saturated heterocycles. The van der Waals surface area contributed by atoms with Crippen LogP contribution in [0, 0.1) is 0 Å². The number of aromatic nitrogens is 3. The van der Waals surface area contributed by atoms with Gasteiger partial charge in [-0.15, -0.1) is 0 Å². The maximum absolute atomic E-state index is 13.0. The Bertz CT molecular complexity index is 1280. The molecule has 4 fully saturated rings. The summed E-state index contributed by atoms with van der Waals surface area (Å²) >= 11 is 0. The first kappa shape index (κ1) is 20.0. The molecule has 176 valence electrons. The van der Waals surface area contributed by atoms with E-state index >= 15 is 0 Å². The van der Waals surface area contributed by atoms with Crippen molar-refractivity contribution in [2.24, 2.45) is 0 Å². The van der Waals surface area contributed by atoms with Gasteiger partial charge in [0, 0.05) is 44.0 Å². The fourth-order valence-corrected chi connectivity index (χ4v) is 5.39. The molecular formula is C24H27N7O3. The van der Waals surface area contributed by atoms with Crippen molar-refractivity contribution in [2.45, 2.75) is 50.2 Å². The van der Waals surface area contributed by atoms with Crippen molar-refractivity contribution in [3.63, 3.8) is 0 Å². The molecule has 1 aromatic carbocycles. The second kappa shape index (κ2) is 7.57. The first-order chi connectivity index (χ1) is 16.6. The fraction of sp³-hybridized carbons (Fsp3) is 0.458. The van der Waals surface area contributed by atoms with Crippen molar-refractivity contribution in [1.82, 2.24) is 19.9 Å². The largest absolute Gasteiger partial charge is 0.386 e. The molecule has 5 aliphatic rings. The molecule has 10 nitrogen and oxygen atoms in total. The van der Waals surface area contributed by atoms with Crippen LogP contribution in [0.1, 0.15) is 24.8 Å². The summed E-state index contributed by atoms with van der Waals surface area (Å²) in [6.45, 7) is 2.30. The molecule has 1 amide bonds. The highest BCUT2D eigenvalue weighted by Gasteiger charge is 2.38. The summed E-state index contributed by atoms with van der Waals surface area (Å²) in [4.78, 5) is 24.6. The second-order valence-electron chi connectivity index (χ2n) is 9.61. The highest BCUT2D eigenvalue weighted by Crippen LogP contribution is 2.35. The number of imidazole rings is 1. The van der Waals surface area contributed by atoms with E-state index in [-0.39, 0.29) is 18.2 Å². The zero-order valence-electron chi connectivity index (χ0n) is 19.0. The number of hydrogen-bond donors (Lipinski definition) is 3. The van der Waals surface area contributed by atoms with Crippen LogP contribution in [-0.4, -0.2) is 65.1 Å². The van der Waals surface area contributed by atoms with Crippen molar-refractivity contribution in [3.05, 3.63) is 36.2 Å². The van der Waals surface area contributed by atoms with Gasteiger partial charge in [-0.3, -0.25) is 0 Å². The summed E-state index contributed by atoms with van der Waals surface area (Å²) in [5.74, 6) is 0.638. The predicted molar refractivity (Wildman–Crippen MR) is 128 cm³/mol. The van der Waals surface area contributed by atoms with Crippen LogP contribution in [0.4, 0.5) is 27.7 Å². The summed E-state index contributed by atoms with van der Waals surface area (Å²) in [7, 11) is 1.84. The van der Waals surface area contributed by atoms with Crippen LogP contribution in [0.5, 0.6) is 0 Å². The van der Waals surface area contributed by atoms with Crippen LogP contribution in [0.25, 0.3) is 11.2 Å². The Morgan fingerprint density at radius 2 is 2.00 bits per heavy atom. The van der Waals surface area contributed by atoms with Crippen molar-refractivity contribution >= 4 is 40.1 Å². The van der Waals surface area contributed by atoms with Gasteiger partial charge in [0.25, 0.3) is 0 Å². The van der Waals surface area contributed by atoms with Gasteiger partial charge in [-0.25, -0.2) is 19.3 Å². The van der Waals surface area contributed by atoms with E-state index in [0.717, 1.165) is 55.0 Å². The number of pyridine rings is 1. The number of rotatable bonds is 2. The molecule has 2 aromatic heterocycles. The third kappa shape index (κ3) is 3.28. The molecule has 1 aliphatic carbocycles. The van der Waals surface area contributed by atoms with E-state index in [2.05, 4.69) is 44.0 Å². The van der Waals surface area contributed by atoms with Crippen LogP contribution in [-0.2, 0) is 16.1 Å². The zero-order chi connectivity index (χ0) is 22.8. The highest BCUT2D eigenvalue weighted by molar-refractivity contribution is 5.94. The molecule has 6 bridgehead atoms. The molecular weight excluding hydrogens is 434 g/mol. The minimum atomic E-state index is -0.240. The lowest BCUT2D eigenvalue weighted by Crippen LogP contribution is -2.57. The third-order valence-corrected chi connectivity index (χ3v) is 7.35. The average molecular weight is 462 g/mol. The van der Waals surface area contributed by atoms with Crippen LogP contribution in [0.2, 0.25) is 0 Å². The van der Waals surface area contributed by atoms with Gasteiger partial charge in [0.1, 0.15) is 17.7 Å². The molecule has 0 spiro atoms. The van der Waals surface area contributed by atoms with E-state index in [4.69, 9.17) is 14.5 Å². The molecule has 1 saturated carbocycles. The number of hydrogen-bond acceptors (Lipinski definition) is 8. The van der Waals surface area contributed by atoms with Gasteiger partial charge < -0.3 is 30.3 Å². The SMILES string of the molecule is CNc1cc2nc3c1ncn3C(=O)N[C@@H]1CC[C@H]1OCc1cc(cc(N3CC4CC(C3)O4)c1)N2. The van der Waals surface area contributed by atoms with Crippen molar-refractivity contribution in [1.29, 1.82) is 0 Å². The summed E-state index contributed by atoms with van der Waals surface area (Å²) in [6, 6.07) is 8.13. The summed E-state index contributed by atoms with van der Waals surface area (Å²) in [5, 5.41) is 9.74. The van der Waals surface area contributed by atoms with Gasteiger partial charge in [0.05, 0.1) is 36.6 Å². The number of nitrogens with zero attached hydrogens (tertiary/aromatic N) is 4. The van der Waals surface area contributed by atoms with E-state index in [1.54, 1.807) is 0 Å². The molecule has 3 N–H and O–H groups in total. The normalized spacial score (nSPS) is 27.7. The lowest BCUT2D eigenvalue weighted by atomic mass is 9.89. The Kier molecular flexibility index (Phi) is 4.46. The molecule has 2 unspecified atom stereocenters. The van der Waals surface area contributed by atoms with Crippen LogP contribution in [0.3, 0.4) is 0 Å². The molecule has 34 heavy (non-hydrogen) atoms. The molecule has 3 aromatic rings. The Balaban J connectivity index is 1.32. The first-order valence-corrected chi connectivity index (χ1v) is 11.9. The highest BCUT2D eigenvalue weighted by atomic mass is 16.5. The lowest BCUT2D eigenvalue weighted by Gasteiger charge is -2.48. The van der Waals surface area contributed by atoms with Crippen molar-refractivity contribution < 1.29 is 14.3 Å². The Hall–Kier alpha value is -3.37. The van der Waals surface area contributed by atoms with E-state index in [1.807, 2.05) is 13.1 Å². The Morgan fingerprint density at radius 1 is 1.15 bits per heavy atom. The number of carbonyl (C=O) groups is 1. The molecule has 0 radical (unpaired) electrons. The molecule has 4 atom stereocenters. The molecule has 8 rings (SSSR count). The number of fused-ring (bicyclic) bond motifs is 6. The number of benzene rings is 1. The van der Waals surface area contributed by atoms with Crippen LogP contribution >= 0.6 is 0 Å². The number of nitrogens with one attached hydrogen (secondary N) is 3. The van der Waals surface area contributed by atoms with Gasteiger partial charge in [-0.05, 0) is 36.6 Å². The second-order valence-corrected chi connectivity index (χ2v) is 9.61. The maximum atomic E-state index is 13.0. The maximum Gasteiger partial charge on any atom is 0.328 e. The number of anilines is 4. The minimum absolute atomic E-state index is 0.00541. The average Bonchev–Trinajstić information content (AvgIpc) is 3.24. The number of piperidine rings is 1. The van der Waals surface area contributed by atoms with E-state index in [9.17, 15) is 4.79 Å². The molecule has 6 heterocycles. The third-order valence-electron chi connectivity index (χ3n) is 7.35. The monoisotopic (exact) mass is 461 g/mol. The molecule has 4 aliphatic heterocycles. The van der Waals surface area contributed by atoms with E-state index in [0.29, 0.717) is 35.8 Å². The van der Waals surface area contributed by atoms with Crippen LogP contribution in [0.15, 0.2) is 30.6 Å². The van der Waals surface area contributed by atoms with Crippen molar-refractivity contribution in [3.8, 4) is 0 Å². The Morgan fingerprint density at radius 3 is 2.76 bits per heavy atom. The number of amides is 1. The minimum Gasteiger partial charge on any atom is -0.386 e. The lowest BCUT2D eigenvalue weighted by molar-refractivity contribution is -0.133. The predicted octanol–water partition coefficient (Wildman–Crippen LogP) is 2.81. The summed E-state index contributed by atoms with van der Waals surface area (Å²) in [5.41, 5.74) is 5.15. The molecule has 10 heteroatoms. The van der Waals surface area contributed by atoms with Gasteiger partial charge >= 0.3 is 6.03 Å². The number of ether oxygens (including phenoxy) is 2. The van der Waals surface area contributed by atoms with Gasteiger partial charge in [-0.2, -0.15) is 0 Å². The van der Waals surface area contributed by atoms with Gasteiger partial charge in [0.15, 0.2) is 5.65 Å². The van der Waals surface area contributed by atoms with Crippen molar-refractivity contribution in [2.75, 3.05) is 35.7 Å².